The molecule has 23 heavy (non-hydrogen) atoms. The van der Waals surface area contributed by atoms with E-state index in [9.17, 15) is 0 Å². The number of fused-ring (bicyclic) bond motifs is 1. The highest BCUT2D eigenvalue weighted by Gasteiger charge is 2.47. The first kappa shape index (κ1) is 15.9. The summed E-state index contributed by atoms with van der Waals surface area (Å²) in [5.74, 6) is 0. The Kier molecular flexibility index (Phi) is 3.45. The quantitative estimate of drug-likeness (QED) is 0.740. The van der Waals surface area contributed by atoms with Crippen LogP contribution in [0.15, 0.2) is 30.3 Å². The number of aryl methyl sites for hydroxylation is 1. The fourth-order valence-electron chi connectivity index (χ4n) is 4.45. The fraction of sp³-hybridized carbons (Fsp3) is 0.400. The van der Waals surface area contributed by atoms with Crippen molar-refractivity contribution in [3.8, 4) is 0 Å². The second-order valence-electron chi connectivity index (χ2n) is 7.79. The van der Waals surface area contributed by atoms with Crippen LogP contribution in [0.25, 0.3) is 0 Å². The van der Waals surface area contributed by atoms with Crippen LogP contribution in [0.1, 0.15) is 56.4 Å². The Morgan fingerprint density at radius 2 is 1.74 bits per heavy atom. The van der Waals surface area contributed by atoms with Crippen LogP contribution < -0.4 is 17.2 Å². The van der Waals surface area contributed by atoms with Gasteiger partial charge in [0.1, 0.15) is 0 Å². The Hall–Kier alpha value is -2.00. The van der Waals surface area contributed by atoms with E-state index >= 15 is 0 Å². The van der Waals surface area contributed by atoms with Crippen LogP contribution in [0.2, 0.25) is 0 Å². The van der Waals surface area contributed by atoms with E-state index in [2.05, 4.69) is 58.0 Å². The molecule has 3 rings (SSSR count). The predicted molar refractivity (Wildman–Crippen MR) is 99.5 cm³/mol. The van der Waals surface area contributed by atoms with Gasteiger partial charge >= 0.3 is 1.43 Å². The molecule has 0 saturated carbocycles. The summed E-state index contributed by atoms with van der Waals surface area (Å²) in [5, 5.41) is 0. The van der Waals surface area contributed by atoms with E-state index in [4.69, 9.17) is 17.2 Å². The molecule has 1 unspecified atom stereocenters. The summed E-state index contributed by atoms with van der Waals surface area (Å²) in [6.45, 7) is 9.43. The summed E-state index contributed by atoms with van der Waals surface area (Å²) >= 11 is 0. The van der Waals surface area contributed by atoms with Crippen LogP contribution in [-0.2, 0) is 17.4 Å². The van der Waals surface area contributed by atoms with Crippen molar-refractivity contribution >= 4 is 11.4 Å². The van der Waals surface area contributed by atoms with Gasteiger partial charge in [-0.1, -0.05) is 39.0 Å². The van der Waals surface area contributed by atoms with Gasteiger partial charge in [-0.15, -0.1) is 0 Å². The molecule has 1 aliphatic rings. The monoisotopic (exact) mass is 310 g/mol. The van der Waals surface area contributed by atoms with Gasteiger partial charge in [-0.05, 0) is 58.7 Å². The number of hydrogen-bond donors (Lipinski definition) is 3. The van der Waals surface area contributed by atoms with Crippen molar-refractivity contribution < 1.29 is 1.43 Å². The molecule has 0 spiro atoms. The highest BCUT2D eigenvalue weighted by atomic mass is 14.6. The number of benzene rings is 2. The average molecular weight is 310 g/mol. The maximum atomic E-state index is 6.38. The Bertz CT molecular complexity index is 783. The SMILES string of the molecule is Cc1cc(N)c2c(c1)C(C)(c1ccc(CN)c(N)c1)CC2(C)C.[H+]. The van der Waals surface area contributed by atoms with Gasteiger partial charge in [0.15, 0.2) is 0 Å². The predicted octanol–water partition coefficient (Wildman–Crippen LogP) is 3.72. The number of nitrogen functional groups attached to an aromatic ring is 2. The molecule has 3 nitrogen and oxygen atoms in total. The van der Waals surface area contributed by atoms with E-state index < -0.39 is 0 Å². The molecule has 0 amide bonds. The van der Waals surface area contributed by atoms with Gasteiger partial charge in [0, 0.05) is 23.3 Å². The minimum absolute atomic E-state index is 0. The maximum Gasteiger partial charge on any atom is 1.00 e. The second kappa shape index (κ2) is 5.00. The van der Waals surface area contributed by atoms with Crippen molar-refractivity contribution in [2.45, 2.75) is 51.5 Å². The first-order chi connectivity index (χ1) is 10.7. The lowest BCUT2D eigenvalue weighted by atomic mass is 9.74. The Labute approximate surface area is 140 Å². The van der Waals surface area contributed by atoms with E-state index in [1.165, 1.54) is 22.3 Å². The van der Waals surface area contributed by atoms with Crippen LogP contribution in [0, 0.1) is 6.92 Å². The van der Waals surface area contributed by atoms with Gasteiger partial charge in [-0.2, -0.15) is 0 Å². The van der Waals surface area contributed by atoms with Crippen LogP contribution in [0.5, 0.6) is 0 Å². The van der Waals surface area contributed by atoms with Crippen molar-refractivity contribution in [3.63, 3.8) is 0 Å². The zero-order chi connectivity index (χ0) is 17.0. The van der Waals surface area contributed by atoms with Crippen molar-refractivity contribution in [1.29, 1.82) is 0 Å². The van der Waals surface area contributed by atoms with Gasteiger partial charge in [-0.3, -0.25) is 0 Å². The molecule has 122 valence electrons. The summed E-state index contributed by atoms with van der Waals surface area (Å²) < 4.78 is 0. The first-order valence-electron chi connectivity index (χ1n) is 8.19. The summed E-state index contributed by atoms with van der Waals surface area (Å²) in [6, 6.07) is 10.7. The zero-order valence-electron chi connectivity index (χ0n) is 15.5. The molecule has 0 heterocycles. The van der Waals surface area contributed by atoms with Crippen molar-refractivity contribution in [2.24, 2.45) is 5.73 Å². The molecule has 6 N–H and O–H groups in total. The lowest BCUT2D eigenvalue weighted by Crippen LogP contribution is -2.24. The Balaban J connectivity index is 0.00000208. The van der Waals surface area contributed by atoms with Crippen molar-refractivity contribution in [2.75, 3.05) is 11.5 Å². The van der Waals surface area contributed by atoms with E-state index in [-0.39, 0.29) is 12.3 Å². The highest BCUT2D eigenvalue weighted by Crippen LogP contribution is 2.55. The summed E-state index contributed by atoms with van der Waals surface area (Å²) in [6.07, 6.45) is 1.02. The third-order valence-corrected chi connectivity index (χ3v) is 5.38. The van der Waals surface area contributed by atoms with Crippen LogP contribution in [0.4, 0.5) is 11.4 Å². The van der Waals surface area contributed by atoms with Gasteiger partial charge < -0.3 is 17.2 Å². The Morgan fingerprint density at radius 3 is 2.35 bits per heavy atom. The minimum Gasteiger partial charge on any atom is -0.398 e. The average Bonchev–Trinajstić information content (AvgIpc) is 2.66. The van der Waals surface area contributed by atoms with E-state index in [1.807, 2.05) is 0 Å². The fourth-order valence-corrected chi connectivity index (χ4v) is 4.45. The largest absolute Gasteiger partial charge is 1.00 e. The minimum atomic E-state index is -0.0831. The van der Waals surface area contributed by atoms with Crippen LogP contribution in [0.3, 0.4) is 0 Å². The molecule has 0 bridgehead atoms. The maximum absolute atomic E-state index is 6.38. The second-order valence-corrected chi connectivity index (χ2v) is 7.79. The topological polar surface area (TPSA) is 78.1 Å². The number of hydrogen-bond acceptors (Lipinski definition) is 3. The standard InChI is InChI=1S/C20H27N3/c1-12-7-15-18(17(23)8-12)19(2,3)11-20(15,4)14-6-5-13(10-21)16(22)9-14/h5-9H,10-11,21-23H2,1-4H3/p+1. The first-order valence-corrected chi connectivity index (χ1v) is 8.19. The molecule has 2 aromatic rings. The van der Waals surface area contributed by atoms with Gasteiger partial charge in [0.25, 0.3) is 0 Å². The summed E-state index contributed by atoms with van der Waals surface area (Å²) in [4.78, 5) is 0. The highest BCUT2D eigenvalue weighted by molar-refractivity contribution is 5.65. The molecular weight excluding hydrogens is 282 g/mol. The number of anilines is 2. The smallest absolute Gasteiger partial charge is 0.398 e. The summed E-state index contributed by atoms with van der Waals surface area (Å²) in [5.41, 5.74) is 26.0. The molecular formula is C20H28N3+. The normalized spacial score (nSPS) is 22.1. The molecule has 0 aliphatic heterocycles. The lowest BCUT2D eigenvalue weighted by molar-refractivity contribution is 0.425. The van der Waals surface area contributed by atoms with Crippen molar-refractivity contribution in [1.82, 2.24) is 0 Å². The van der Waals surface area contributed by atoms with Gasteiger partial charge in [-0.25, -0.2) is 0 Å². The van der Waals surface area contributed by atoms with E-state index in [0.29, 0.717) is 6.54 Å². The third kappa shape index (κ3) is 2.31. The third-order valence-electron chi connectivity index (χ3n) is 5.38. The molecule has 0 saturated heterocycles. The molecule has 3 heteroatoms. The number of nitrogens with two attached hydrogens (primary N) is 3. The van der Waals surface area contributed by atoms with E-state index in [0.717, 1.165) is 23.4 Å². The van der Waals surface area contributed by atoms with Gasteiger partial charge in [0.05, 0.1) is 0 Å². The van der Waals surface area contributed by atoms with E-state index in [1.54, 1.807) is 0 Å². The molecule has 2 aromatic carbocycles. The lowest BCUT2D eigenvalue weighted by Gasteiger charge is -2.29. The molecule has 0 fully saturated rings. The van der Waals surface area contributed by atoms with Crippen LogP contribution in [-0.4, -0.2) is 0 Å². The van der Waals surface area contributed by atoms with Crippen LogP contribution >= 0.6 is 0 Å². The number of rotatable bonds is 2. The molecule has 1 aliphatic carbocycles. The summed E-state index contributed by atoms with van der Waals surface area (Å²) in [7, 11) is 0. The molecule has 0 radical (unpaired) electrons. The zero-order valence-corrected chi connectivity index (χ0v) is 14.5. The molecule has 1 atom stereocenters. The molecule has 0 aromatic heterocycles. The Morgan fingerprint density at radius 1 is 1.04 bits per heavy atom. The van der Waals surface area contributed by atoms with Gasteiger partial charge in [0.2, 0.25) is 0 Å². The van der Waals surface area contributed by atoms with Crippen molar-refractivity contribution in [3.05, 3.63) is 58.1 Å².